The lowest BCUT2D eigenvalue weighted by atomic mass is 10.1. The summed E-state index contributed by atoms with van der Waals surface area (Å²) in [6, 6.07) is 5.70. The molecule has 112 valence electrons. The van der Waals surface area contributed by atoms with Gasteiger partial charge in [-0.15, -0.1) is 0 Å². The van der Waals surface area contributed by atoms with E-state index in [1.165, 1.54) is 18.6 Å². The van der Waals surface area contributed by atoms with Gasteiger partial charge in [-0.2, -0.15) is 13.2 Å². The van der Waals surface area contributed by atoms with Crippen LogP contribution in [0.3, 0.4) is 0 Å². The monoisotopic (exact) mass is 287 g/mol. The number of nitrogens with one attached hydrogen (secondary N) is 1. The van der Waals surface area contributed by atoms with Crippen molar-refractivity contribution in [2.24, 2.45) is 0 Å². The number of benzene rings is 1. The molecule has 1 fully saturated rings. The van der Waals surface area contributed by atoms with Crippen molar-refractivity contribution in [3.05, 3.63) is 35.4 Å². The van der Waals surface area contributed by atoms with Crippen LogP contribution in [0.2, 0.25) is 0 Å². The Morgan fingerprint density at radius 3 is 2.70 bits per heavy atom. The zero-order chi connectivity index (χ0) is 14.4. The molecule has 20 heavy (non-hydrogen) atoms. The summed E-state index contributed by atoms with van der Waals surface area (Å²) in [5.74, 6) is 0. The van der Waals surface area contributed by atoms with Crippen molar-refractivity contribution in [1.29, 1.82) is 0 Å². The summed E-state index contributed by atoms with van der Waals surface area (Å²) in [6.45, 7) is 1.72. The topological polar surface area (TPSA) is 21.3 Å². The van der Waals surface area contributed by atoms with E-state index in [0.29, 0.717) is 12.1 Å². The smallest absolute Gasteiger partial charge is 0.378 e. The van der Waals surface area contributed by atoms with Crippen LogP contribution < -0.4 is 5.32 Å². The second-order valence-electron chi connectivity index (χ2n) is 5.11. The summed E-state index contributed by atoms with van der Waals surface area (Å²) < 4.78 is 44.0. The van der Waals surface area contributed by atoms with Gasteiger partial charge < -0.3 is 10.1 Å². The molecule has 0 amide bonds. The average Bonchev–Trinajstić information content (AvgIpc) is 2.44. The van der Waals surface area contributed by atoms with Crippen LogP contribution >= 0.6 is 0 Å². The molecule has 2 nitrogen and oxygen atoms in total. The van der Waals surface area contributed by atoms with E-state index in [2.05, 4.69) is 5.32 Å². The fraction of sp³-hybridized carbons (Fsp3) is 0.600. The third-order valence-electron chi connectivity index (χ3n) is 3.56. The number of hydrogen-bond donors (Lipinski definition) is 1. The Hall–Kier alpha value is -1.07. The molecule has 1 saturated heterocycles. The predicted molar refractivity (Wildman–Crippen MR) is 71.4 cm³/mol. The Labute approximate surface area is 117 Å². The molecule has 5 heteroatoms. The lowest BCUT2D eigenvalue weighted by Crippen LogP contribution is -2.25. The second kappa shape index (κ2) is 7.09. The van der Waals surface area contributed by atoms with E-state index < -0.39 is 11.7 Å². The van der Waals surface area contributed by atoms with E-state index in [4.69, 9.17) is 4.74 Å². The van der Waals surface area contributed by atoms with Crippen LogP contribution in [0.25, 0.3) is 0 Å². The van der Waals surface area contributed by atoms with Crippen molar-refractivity contribution in [2.75, 3.05) is 13.2 Å². The molecule has 1 atom stereocenters. The average molecular weight is 287 g/mol. The standard InChI is InChI=1S/C15H20F3NO/c16-15(17,18)14-7-2-1-5-12(14)11-19-9-8-13-6-3-4-10-20-13/h1-2,5,7,13,19H,3-4,6,8-11H2. The van der Waals surface area contributed by atoms with Crippen LogP contribution in [-0.2, 0) is 17.5 Å². The first-order valence-corrected chi connectivity index (χ1v) is 7.05. The first-order chi connectivity index (χ1) is 9.57. The van der Waals surface area contributed by atoms with Gasteiger partial charge in [0.05, 0.1) is 11.7 Å². The lowest BCUT2D eigenvalue weighted by molar-refractivity contribution is -0.138. The highest BCUT2D eigenvalue weighted by Crippen LogP contribution is 2.31. The molecule has 0 radical (unpaired) electrons. The summed E-state index contributed by atoms with van der Waals surface area (Å²) in [5, 5.41) is 3.08. The Balaban J connectivity index is 1.79. The molecule has 1 unspecified atom stereocenters. The summed E-state index contributed by atoms with van der Waals surface area (Å²) in [4.78, 5) is 0. The summed E-state index contributed by atoms with van der Waals surface area (Å²) in [7, 11) is 0. The number of rotatable bonds is 5. The Morgan fingerprint density at radius 2 is 2.00 bits per heavy atom. The van der Waals surface area contributed by atoms with Crippen molar-refractivity contribution >= 4 is 0 Å². The van der Waals surface area contributed by atoms with Crippen molar-refractivity contribution in [1.82, 2.24) is 5.32 Å². The maximum atomic E-state index is 12.8. The van der Waals surface area contributed by atoms with Gasteiger partial charge in [-0.05, 0) is 43.9 Å². The normalized spacial score (nSPS) is 20.1. The van der Waals surface area contributed by atoms with Crippen LogP contribution in [0.4, 0.5) is 13.2 Å². The minimum absolute atomic E-state index is 0.238. The van der Waals surface area contributed by atoms with E-state index in [1.807, 2.05) is 0 Å². The maximum absolute atomic E-state index is 12.8. The highest BCUT2D eigenvalue weighted by molar-refractivity contribution is 5.29. The molecule has 1 aromatic rings. The number of halogens is 3. The van der Waals surface area contributed by atoms with Gasteiger partial charge in [-0.3, -0.25) is 0 Å². The first kappa shape index (κ1) is 15.3. The maximum Gasteiger partial charge on any atom is 0.416 e. The van der Waals surface area contributed by atoms with E-state index in [0.717, 1.165) is 31.9 Å². The van der Waals surface area contributed by atoms with Gasteiger partial charge in [-0.25, -0.2) is 0 Å². The highest BCUT2D eigenvalue weighted by atomic mass is 19.4. The molecule has 1 heterocycles. The molecule has 0 spiro atoms. The number of ether oxygens (including phenoxy) is 1. The number of hydrogen-bond acceptors (Lipinski definition) is 2. The van der Waals surface area contributed by atoms with Crippen LogP contribution in [-0.4, -0.2) is 19.3 Å². The molecule has 1 aliphatic rings. The van der Waals surface area contributed by atoms with Crippen LogP contribution in [0, 0.1) is 0 Å². The van der Waals surface area contributed by atoms with Gasteiger partial charge in [-0.1, -0.05) is 18.2 Å². The van der Waals surface area contributed by atoms with Gasteiger partial charge in [0.1, 0.15) is 0 Å². The SMILES string of the molecule is FC(F)(F)c1ccccc1CNCCC1CCCCO1. The first-order valence-electron chi connectivity index (χ1n) is 7.05. The molecule has 0 saturated carbocycles. The lowest BCUT2D eigenvalue weighted by Gasteiger charge is -2.22. The van der Waals surface area contributed by atoms with Crippen LogP contribution in [0.5, 0.6) is 0 Å². The van der Waals surface area contributed by atoms with Gasteiger partial charge in [0, 0.05) is 13.2 Å². The molecular weight excluding hydrogens is 267 g/mol. The van der Waals surface area contributed by atoms with Crippen molar-refractivity contribution in [2.45, 2.75) is 44.5 Å². The quantitative estimate of drug-likeness (QED) is 0.833. The molecule has 0 bridgehead atoms. The molecule has 1 aliphatic heterocycles. The van der Waals surface area contributed by atoms with Crippen molar-refractivity contribution in [3.8, 4) is 0 Å². The Bertz CT molecular complexity index is 414. The predicted octanol–water partition coefficient (Wildman–Crippen LogP) is 3.75. The molecular formula is C15H20F3NO. The van der Waals surface area contributed by atoms with Gasteiger partial charge >= 0.3 is 6.18 Å². The fourth-order valence-electron chi connectivity index (χ4n) is 2.47. The van der Waals surface area contributed by atoms with Gasteiger partial charge in [0.15, 0.2) is 0 Å². The van der Waals surface area contributed by atoms with E-state index in [1.54, 1.807) is 6.07 Å². The number of alkyl halides is 3. The Morgan fingerprint density at radius 1 is 1.20 bits per heavy atom. The molecule has 0 aromatic heterocycles. The fourth-order valence-corrected chi connectivity index (χ4v) is 2.47. The minimum Gasteiger partial charge on any atom is -0.378 e. The summed E-state index contributed by atoms with van der Waals surface area (Å²) in [6.07, 6.45) is 0.179. The minimum atomic E-state index is -4.29. The van der Waals surface area contributed by atoms with Crippen LogP contribution in [0.15, 0.2) is 24.3 Å². The summed E-state index contributed by atoms with van der Waals surface area (Å²) in [5.41, 5.74) is -0.258. The Kier molecular flexibility index (Phi) is 5.43. The third kappa shape index (κ3) is 4.49. The van der Waals surface area contributed by atoms with Crippen LogP contribution in [0.1, 0.15) is 36.8 Å². The van der Waals surface area contributed by atoms with Gasteiger partial charge in [0.2, 0.25) is 0 Å². The second-order valence-corrected chi connectivity index (χ2v) is 5.11. The molecule has 0 aliphatic carbocycles. The molecule has 1 aromatic carbocycles. The van der Waals surface area contributed by atoms with Crippen molar-refractivity contribution in [3.63, 3.8) is 0 Å². The third-order valence-corrected chi connectivity index (χ3v) is 3.56. The zero-order valence-corrected chi connectivity index (χ0v) is 11.4. The summed E-state index contributed by atoms with van der Waals surface area (Å²) >= 11 is 0. The molecule has 1 N–H and O–H groups in total. The van der Waals surface area contributed by atoms with E-state index >= 15 is 0 Å². The van der Waals surface area contributed by atoms with E-state index in [-0.39, 0.29) is 12.6 Å². The van der Waals surface area contributed by atoms with Gasteiger partial charge in [0.25, 0.3) is 0 Å². The zero-order valence-electron chi connectivity index (χ0n) is 11.4. The molecule has 2 rings (SSSR count). The van der Waals surface area contributed by atoms with Crippen molar-refractivity contribution < 1.29 is 17.9 Å². The largest absolute Gasteiger partial charge is 0.416 e. The highest BCUT2D eigenvalue weighted by Gasteiger charge is 2.32. The van der Waals surface area contributed by atoms with E-state index in [9.17, 15) is 13.2 Å².